The Morgan fingerprint density at radius 1 is 1.15 bits per heavy atom. The van der Waals surface area contributed by atoms with Gasteiger partial charge in [0.05, 0.1) is 34.9 Å². The van der Waals surface area contributed by atoms with Crippen LogP contribution in [0.15, 0.2) is 54.9 Å². The van der Waals surface area contributed by atoms with Crippen molar-refractivity contribution in [1.82, 2.24) is 25.1 Å². The fraction of sp³-hybridized carbons (Fsp3) is 0.167. The van der Waals surface area contributed by atoms with E-state index < -0.39 is 0 Å². The number of anilines is 4. The van der Waals surface area contributed by atoms with Crippen LogP contribution < -0.4 is 16.0 Å². The first-order chi connectivity index (χ1) is 16.6. The van der Waals surface area contributed by atoms with E-state index in [0.29, 0.717) is 47.4 Å². The van der Waals surface area contributed by atoms with E-state index in [2.05, 4.69) is 41.1 Å². The van der Waals surface area contributed by atoms with Crippen LogP contribution in [0.5, 0.6) is 0 Å². The molecule has 10 nitrogen and oxygen atoms in total. The molecule has 34 heavy (non-hydrogen) atoms. The van der Waals surface area contributed by atoms with Crippen molar-refractivity contribution in [3.8, 4) is 0 Å². The van der Waals surface area contributed by atoms with Gasteiger partial charge in [0.15, 0.2) is 0 Å². The zero-order chi connectivity index (χ0) is 23.5. The summed E-state index contributed by atoms with van der Waals surface area (Å²) >= 11 is 0. The number of pyridine rings is 1. The number of methoxy groups -OCH3 is 1. The lowest BCUT2D eigenvalue weighted by atomic mass is 10.1. The number of fused-ring (bicyclic) bond motifs is 2. The Kier molecular flexibility index (Phi) is 5.79. The summed E-state index contributed by atoms with van der Waals surface area (Å²) in [6.07, 6.45) is 3.46. The lowest BCUT2D eigenvalue weighted by molar-refractivity contribution is 0.102. The first-order valence-corrected chi connectivity index (χ1v) is 10.8. The number of aromatic amines is 2. The van der Waals surface area contributed by atoms with Crippen LogP contribution in [-0.2, 0) is 4.74 Å². The number of hydrogen-bond donors (Lipinski definition) is 5. The lowest BCUT2D eigenvalue weighted by Gasteiger charge is -2.12. The molecule has 0 unspecified atom stereocenters. The van der Waals surface area contributed by atoms with E-state index in [1.54, 1.807) is 25.6 Å². The zero-order valence-corrected chi connectivity index (χ0v) is 18.8. The highest BCUT2D eigenvalue weighted by Gasteiger charge is 2.16. The molecule has 5 rings (SSSR count). The minimum absolute atomic E-state index is 0.245. The summed E-state index contributed by atoms with van der Waals surface area (Å²) < 4.78 is 5.15. The maximum absolute atomic E-state index is 13.3. The first kappa shape index (κ1) is 21.4. The van der Waals surface area contributed by atoms with Crippen molar-refractivity contribution in [3.63, 3.8) is 0 Å². The second-order valence-corrected chi connectivity index (χ2v) is 7.84. The van der Waals surface area contributed by atoms with Crippen LogP contribution in [0.25, 0.3) is 21.9 Å². The van der Waals surface area contributed by atoms with Crippen molar-refractivity contribution in [2.75, 3.05) is 36.2 Å². The summed E-state index contributed by atoms with van der Waals surface area (Å²) in [4.78, 5) is 25.5. The number of carbonyl (C=O) groups is 1. The highest BCUT2D eigenvalue weighted by Crippen LogP contribution is 2.27. The average molecular weight is 457 g/mol. The molecule has 172 valence electrons. The van der Waals surface area contributed by atoms with E-state index in [1.807, 2.05) is 43.3 Å². The Bertz CT molecular complexity index is 1470. The summed E-state index contributed by atoms with van der Waals surface area (Å²) in [6.45, 7) is 3.02. The largest absolute Gasteiger partial charge is 0.383 e. The molecule has 5 N–H and O–H groups in total. The Hall–Kier alpha value is -4.44. The number of carbonyl (C=O) groups excluding carboxylic acids is 1. The minimum atomic E-state index is -0.245. The van der Waals surface area contributed by atoms with E-state index in [1.165, 1.54) is 0 Å². The number of benzene rings is 2. The molecule has 1 amide bonds. The zero-order valence-electron chi connectivity index (χ0n) is 18.8. The van der Waals surface area contributed by atoms with Crippen LogP contribution in [0.3, 0.4) is 0 Å². The maximum Gasteiger partial charge on any atom is 0.257 e. The van der Waals surface area contributed by atoms with E-state index in [-0.39, 0.29) is 5.91 Å². The van der Waals surface area contributed by atoms with Crippen LogP contribution >= 0.6 is 0 Å². The van der Waals surface area contributed by atoms with Crippen LogP contribution in [0.2, 0.25) is 0 Å². The number of rotatable bonds is 8. The van der Waals surface area contributed by atoms with Crippen LogP contribution in [0.4, 0.5) is 23.1 Å². The molecule has 0 atom stereocenters. The predicted molar refractivity (Wildman–Crippen MR) is 133 cm³/mol. The van der Waals surface area contributed by atoms with Crippen LogP contribution in [0.1, 0.15) is 15.9 Å². The molecule has 0 saturated heterocycles. The van der Waals surface area contributed by atoms with Crippen molar-refractivity contribution in [2.45, 2.75) is 6.92 Å². The Morgan fingerprint density at radius 3 is 2.91 bits per heavy atom. The third kappa shape index (κ3) is 4.39. The Morgan fingerprint density at radius 2 is 2.06 bits per heavy atom. The van der Waals surface area contributed by atoms with Gasteiger partial charge < -0.3 is 25.7 Å². The van der Waals surface area contributed by atoms with E-state index in [9.17, 15) is 4.79 Å². The molecule has 10 heteroatoms. The maximum atomic E-state index is 13.3. The normalized spacial score (nSPS) is 11.1. The number of nitrogens with zero attached hydrogens (tertiary/aromatic N) is 3. The van der Waals surface area contributed by atoms with Gasteiger partial charge in [-0.25, -0.2) is 9.97 Å². The summed E-state index contributed by atoms with van der Waals surface area (Å²) in [7, 11) is 1.63. The van der Waals surface area contributed by atoms with Gasteiger partial charge in [0, 0.05) is 36.6 Å². The Labute approximate surface area is 195 Å². The molecule has 5 aromatic rings. The lowest BCUT2D eigenvalue weighted by Crippen LogP contribution is -2.16. The highest BCUT2D eigenvalue weighted by molar-refractivity contribution is 6.10. The van der Waals surface area contributed by atoms with Gasteiger partial charge in [-0.15, -0.1) is 0 Å². The van der Waals surface area contributed by atoms with Crippen molar-refractivity contribution in [2.24, 2.45) is 0 Å². The average Bonchev–Trinajstić information content (AvgIpc) is 3.45. The third-order valence-electron chi connectivity index (χ3n) is 5.43. The number of amides is 1. The van der Waals surface area contributed by atoms with Crippen molar-refractivity contribution in [1.29, 1.82) is 0 Å². The predicted octanol–water partition coefficient (Wildman–Crippen LogP) is 4.20. The monoisotopic (exact) mass is 456 g/mol. The van der Waals surface area contributed by atoms with Gasteiger partial charge in [0.1, 0.15) is 5.82 Å². The first-order valence-electron chi connectivity index (χ1n) is 10.8. The molecular weight excluding hydrogens is 432 g/mol. The molecule has 0 radical (unpaired) electrons. The molecule has 0 aliphatic carbocycles. The SMILES string of the molecule is COCCNc1cc2nc(Nc3ncccc3C)[nH]c2cc1C(=O)Nc1ccc2cn[nH]c2c1. The number of ether oxygens (including phenoxy) is 1. The molecule has 3 aromatic heterocycles. The quantitative estimate of drug-likeness (QED) is 0.221. The summed E-state index contributed by atoms with van der Waals surface area (Å²) in [6, 6.07) is 13.1. The summed E-state index contributed by atoms with van der Waals surface area (Å²) in [5.74, 6) is 1.01. The number of H-pyrrole nitrogens is 2. The number of nitrogens with one attached hydrogen (secondary N) is 5. The van der Waals surface area contributed by atoms with Gasteiger partial charge in [0.2, 0.25) is 5.95 Å². The molecule has 0 bridgehead atoms. The third-order valence-corrected chi connectivity index (χ3v) is 5.43. The van der Waals surface area contributed by atoms with Gasteiger partial charge in [-0.3, -0.25) is 9.89 Å². The molecular formula is C24H24N8O2. The molecule has 0 aliphatic heterocycles. The molecule has 0 fully saturated rings. The topological polar surface area (TPSA) is 133 Å². The second-order valence-electron chi connectivity index (χ2n) is 7.84. The van der Waals surface area contributed by atoms with Crippen LogP contribution in [0, 0.1) is 6.92 Å². The number of aryl methyl sites for hydroxylation is 1. The van der Waals surface area contributed by atoms with Crippen LogP contribution in [-0.4, -0.2) is 51.3 Å². The number of imidazole rings is 1. The fourth-order valence-electron chi connectivity index (χ4n) is 3.68. The van der Waals surface area contributed by atoms with Gasteiger partial charge in [-0.1, -0.05) is 6.07 Å². The number of hydrogen-bond acceptors (Lipinski definition) is 7. The molecule has 0 aliphatic rings. The molecule has 3 heterocycles. The molecule has 2 aromatic carbocycles. The Balaban J connectivity index is 1.46. The van der Waals surface area contributed by atoms with E-state index in [4.69, 9.17) is 4.74 Å². The van der Waals surface area contributed by atoms with E-state index in [0.717, 1.165) is 22.0 Å². The van der Waals surface area contributed by atoms with Gasteiger partial charge in [-0.05, 0) is 48.9 Å². The highest BCUT2D eigenvalue weighted by atomic mass is 16.5. The van der Waals surface area contributed by atoms with Gasteiger partial charge in [0.25, 0.3) is 5.91 Å². The molecule has 0 saturated carbocycles. The van der Waals surface area contributed by atoms with Crippen molar-refractivity contribution >= 4 is 51.0 Å². The second kappa shape index (κ2) is 9.20. The fourth-order valence-corrected chi connectivity index (χ4v) is 3.68. The molecule has 0 spiro atoms. The minimum Gasteiger partial charge on any atom is -0.383 e. The van der Waals surface area contributed by atoms with Gasteiger partial charge in [-0.2, -0.15) is 5.10 Å². The summed E-state index contributed by atoms with van der Waals surface area (Å²) in [5, 5.41) is 17.4. The van der Waals surface area contributed by atoms with E-state index >= 15 is 0 Å². The smallest absolute Gasteiger partial charge is 0.257 e. The van der Waals surface area contributed by atoms with Gasteiger partial charge >= 0.3 is 0 Å². The standard InChI is InChI=1S/C24H24N8O2/c1-14-4-3-7-26-22(14)31-24-29-20-11-17(19(12-21(20)30-24)25-8-9-34-2)23(33)28-16-6-5-15-13-27-32-18(15)10-16/h3-7,10-13,25H,8-9H2,1-2H3,(H,27,32)(H,28,33)(H2,26,29,30,31). The van der Waals surface area contributed by atoms with Crippen molar-refractivity contribution < 1.29 is 9.53 Å². The summed E-state index contributed by atoms with van der Waals surface area (Å²) in [5.41, 5.74) is 5.10. The number of aromatic nitrogens is 5. The van der Waals surface area contributed by atoms with Crippen molar-refractivity contribution in [3.05, 3.63) is 66.0 Å².